The molecule has 0 saturated heterocycles. The zero-order chi connectivity index (χ0) is 9.42. The van der Waals surface area contributed by atoms with Crippen LogP contribution in [0.15, 0.2) is 0 Å². The first-order valence-corrected chi connectivity index (χ1v) is 3.87. The van der Waals surface area contributed by atoms with Gasteiger partial charge in [0, 0.05) is 0 Å². The first-order chi connectivity index (χ1) is 6.22. The molecule has 2 rings (SSSR count). The van der Waals surface area contributed by atoms with Gasteiger partial charge in [0.1, 0.15) is 5.82 Å². The highest BCUT2D eigenvalue weighted by Crippen LogP contribution is 2.12. The van der Waals surface area contributed by atoms with Crippen molar-refractivity contribution in [2.45, 2.75) is 13.7 Å². The minimum atomic E-state index is 0.371. The Balaban J connectivity index is 2.82. The van der Waals surface area contributed by atoms with Crippen LogP contribution in [0.3, 0.4) is 0 Å². The van der Waals surface area contributed by atoms with Gasteiger partial charge < -0.3 is 5.73 Å². The van der Waals surface area contributed by atoms with Crippen molar-refractivity contribution in [2.24, 2.45) is 0 Å². The van der Waals surface area contributed by atoms with Crippen molar-refractivity contribution in [3.05, 3.63) is 5.82 Å². The number of fused-ring (bicyclic) bond motifs is 1. The number of aryl methyl sites for hydroxylation is 1. The van der Waals surface area contributed by atoms with Gasteiger partial charge in [-0.25, -0.2) is 9.97 Å². The second-order valence-corrected chi connectivity index (χ2v) is 2.62. The van der Waals surface area contributed by atoms with Gasteiger partial charge in [-0.05, 0) is 6.92 Å². The molecule has 0 saturated carbocycles. The Morgan fingerprint density at radius 2 is 2.15 bits per heavy atom. The quantitative estimate of drug-likeness (QED) is 0.597. The number of hydrogen-bond acceptors (Lipinski definition) is 5. The fourth-order valence-electron chi connectivity index (χ4n) is 1.14. The van der Waals surface area contributed by atoms with Gasteiger partial charge in [-0.15, -0.1) is 5.10 Å². The van der Waals surface area contributed by atoms with Crippen LogP contribution < -0.4 is 5.73 Å². The molecule has 65 valence electrons. The zero-order valence-electron chi connectivity index (χ0n) is 7.39. The molecule has 0 aromatic carbocycles. The second-order valence-electron chi connectivity index (χ2n) is 2.62. The Hall–Kier alpha value is -1.66. The van der Waals surface area contributed by atoms with E-state index < -0.39 is 0 Å². The van der Waals surface area contributed by atoms with Crippen LogP contribution in [0.4, 0.5) is 5.82 Å². The molecule has 2 heterocycles. The van der Waals surface area contributed by atoms with Gasteiger partial charge in [-0.2, -0.15) is 0 Å². The Kier molecular flexibility index (Phi) is 1.65. The van der Waals surface area contributed by atoms with E-state index in [1.807, 2.05) is 6.82 Å². The molecule has 6 nitrogen and oxygen atoms in total. The molecule has 0 amide bonds. The molecular formula is C6H8BN6. The maximum Gasteiger partial charge on any atom is 0.281 e. The number of nitrogen functional groups attached to an aromatic ring is 1. The van der Waals surface area contributed by atoms with Gasteiger partial charge in [0.15, 0.2) is 17.0 Å². The van der Waals surface area contributed by atoms with Crippen LogP contribution in [0.1, 0.15) is 5.82 Å². The predicted octanol–water partition coefficient (Wildman–Crippen LogP) is -0.373. The fourth-order valence-corrected chi connectivity index (χ4v) is 1.14. The molecule has 0 unspecified atom stereocenters. The maximum atomic E-state index is 5.64. The van der Waals surface area contributed by atoms with E-state index in [0.717, 1.165) is 0 Å². The first kappa shape index (κ1) is 7.97. The molecule has 0 bridgehead atoms. The predicted molar refractivity (Wildman–Crippen MR) is 49.3 cm³/mol. The second kappa shape index (κ2) is 2.68. The average Bonchev–Trinajstić information content (AvgIpc) is 2.47. The van der Waals surface area contributed by atoms with E-state index in [0.29, 0.717) is 22.8 Å². The van der Waals surface area contributed by atoms with E-state index in [1.54, 1.807) is 18.9 Å². The Morgan fingerprint density at radius 1 is 1.38 bits per heavy atom. The molecular weight excluding hydrogens is 167 g/mol. The number of anilines is 1. The molecule has 1 radical (unpaired) electrons. The van der Waals surface area contributed by atoms with Crippen molar-refractivity contribution < 1.29 is 0 Å². The first-order valence-electron chi connectivity index (χ1n) is 3.87. The minimum Gasteiger partial charge on any atom is -0.382 e. The molecule has 0 aliphatic carbocycles. The number of aromatic nitrogens is 5. The molecule has 0 aliphatic rings. The molecule has 0 fully saturated rings. The summed E-state index contributed by atoms with van der Waals surface area (Å²) in [5, 5.41) is 7.71. The van der Waals surface area contributed by atoms with Gasteiger partial charge in [0.2, 0.25) is 0 Å². The number of rotatable bonds is 1. The van der Waals surface area contributed by atoms with Gasteiger partial charge in [0.05, 0.1) is 0 Å². The largest absolute Gasteiger partial charge is 0.382 e. The lowest BCUT2D eigenvalue weighted by atomic mass is 10.0. The molecule has 13 heavy (non-hydrogen) atoms. The number of nitrogens with zero attached hydrogens (tertiary/aromatic N) is 5. The SMILES string of the molecule is C[B]n1nnc2c(N)nc(C)nc21. The molecule has 2 N–H and O–H groups in total. The lowest BCUT2D eigenvalue weighted by Crippen LogP contribution is -2.06. The summed E-state index contributed by atoms with van der Waals surface area (Å²) in [5.74, 6) is 0.992. The third kappa shape index (κ3) is 1.12. The smallest absolute Gasteiger partial charge is 0.281 e. The van der Waals surface area contributed by atoms with Crippen LogP contribution in [0, 0.1) is 6.92 Å². The summed E-state index contributed by atoms with van der Waals surface area (Å²) in [6.45, 7) is 3.63. The van der Waals surface area contributed by atoms with Crippen LogP contribution in [0.5, 0.6) is 0 Å². The lowest BCUT2D eigenvalue weighted by Gasteiger charge is -1.97. The summed E-state index contributed by atoms with van der Waals surface area (Å²) in [6, 6.07) is 0. The van der Waals surface area contributed by atoms with Gasteiger partial charge >= 0.3 is 0 Å². The summed E-state index contributed by atoms with van der Waals surface area (Å²) < 4.78 is 1.57. The summed E-state index contributed by atoms with van der Waals surface area (Å²) in [7, 11) is 1.77. The molecule has 7 heteroatoms. The van der Waals surface area contributed by atoms with Crippen molar-refractivity contribution in [3.8, 4) is 0 Å². The maximum absolute atomic E-state index is 5.64. The molecule has 0 spiro atoms. The van der Waals surface area contributed by atoms with E-state index >= 15 is 0 Å². The number of nitrogens with two attached hydrogens (primary N) is 1. The van der Waals surface area contributed by atoms with Crippen LogP contribution >= 0.6 is 0 Å². The monoisotopic (exact) mass is 175 g/mol. The summed E-state index contributed by atoms with van der Waals surface area (Å²) in [4.78, 5) is 8.17. The molecule has 0 atom stereocenters. The van der Waals surface area contributed by atoms with E-state index in [9.17, 15) is 0 Å². The highest BCUT2D eigenvalue weighted by atomic mass is 15.4. The fraction of sp³-hybridized carbons (Fsp3) is 0.333. The molecule has 2 aromatic heterocycles. The average molecular weight is 175 g/mol. The minimum absolute atomic E-state index is 0.371. The van der Waals surface area contributed by atoms with Crippen molar-refractivity contribution in [3.63, 3.8) is 0 Å². The Bertz CT molecular complexity index is 450. The molecule has 2 aromatic rings. The van der Waals surface area contributed by atoms with Crippen LogP contribution in [0.25, 0.3) is 11.2 Å². The molecule has 0 aliphatic heterocycles. The lowest BCUT2D eigenvalue weighted by molar-refractivity contribution is 0.881. The summed E-state index contributed by atoms with van der Waals surface area (Å²) in [5.41, 5.74) is 6.84. The van der Waals surface area contributed by atoms with Crippen molar-refractivity contribution >= 4 is 24.4 Å². The third-order valence-corrected chi connectivity index (χ3v) is 1.71. The number of hydrogen-bond donors (Lipinski definition) is 1. The van der Waals surface area contributed by atoms with Crippen molar-refractivity contribution in [1.82, 2.24) is 24.9 Å². The Labute approximate surface area is 75.4 Å². The Morgan fingerprint density at radius 3 is 2.85 bits per heavy atom. The normalized spacial score (nSPS) is 10.6. The summed E-state index contributed by atoms with van der Waals surface area (Å²) in [6.07, 6.45) is 0. The van der Waals surface area contributed by atoms with E-state index in [1.165, 1.54) is 0 Å². The zero-order valence-corrected chi connectivity index (χ0v) is 7.39. The van der Waals surface area contributed by atoms with Gasteiger partial charge in [-0.3, -0.25) is 4.59 Å². The third-order valence-electron chi connectivity index (χ3n) is 1.71. The van der Waals surface area contributed by atoms with Crippen LogP contribution in [0.2, 0.25) is 6.82 Å². The van der Waals surface area contributed by atoms with E-state index in [4.69, 9.17) is 5.73 Å². The van der Waals surface area contributed by atoms with Crippen LogP contribution in [-0.4, -0.2) is 32.3 Å². The van der Waals surface area contributed by atoms with Gasteiger partial charge in [-0.1, -0.05) is 12.0 Å². The highest BCUT2D eigenvalue weighted by Gasteiger charge is 2.09. The van der Waals surface area contributed by atoms with Crippen LogP contribution in [-0.2, 0) is 0 Å². The standard InChI is InChI=1S/C6H8BN6/c1-3-9-5(8)4-6(10-3)13(7-2)12-11-4/h1-2H3,(H2,8,9,10). The topological polar surface area (TPSA) is 82.5 Å². The van der Waals surface area contributed by atoms with E-state index in [2.05, 4.69) is 20.3 Å². The summed E-state index contributed by atoms with van der Waals surface area (Å²) >= 11 is 0. The van der Waals surface area contributed by atoms with Gasteiger partial charge in [0.25, 0.3) is 7.41 Å². The van der Waals surface area contributed by atoms with Crippen molar-refractivity contribution in [1.29, 1.82) is 0 Å². The van der Waals surface area contributed by atoms with Crippen molar-refractivity contribution in [2.75, 3.05) is 5.73 Å². The highest BCUT2D eigenvalue weighted by molar-refractivity contribution is 6.32. The van der Waals surface area contributed by atoms with E-state index in [-0.39, 0.29) is 0 Å².